The van der Waals surface area contributed by atoms with Crippen LogP contribution in [-0.2, 0) is 39.3 Å². The Balaban J connectivity index is 0.000000360. The smallest absolute Gasteiger partial charge is 0.475 e. The van der Waals surface area contributed by atoms with Gasteiger partial charge in [0.25, 0.3) is 0 Å². The van der Waals surface area contributed by atoms with Gasteiger partial charge in [0.15, 0.2) is 0 Å². The lowest BCUT2D eigenvalue weighted by molar-refractivity contribution is -0.192. The molecular weight excluding hydrogens is 451 g/mol. The molecule has 0 saturated heterocycles. The van der Waals surface area contributed by atoms with E-state index in [1.807, 2.05) is 43.5 Å². The molecule has 0 spiro atoms. The first-order chi connectivity index (χ1) is 15.0. The van der Waals surface area contributed by atoms with Crippen LogP contribution in [0.25, 0.3) is 0 Å². The summed E-state index contributed by atoms with van der Waals surface area (Å²) in [5, 5.41) is 6.92. The quantitative estimate of drug-likeness (QED) is 0.714. The Labute approximate surface area is 183 Å². The van der Waals surface area contributed by atoms with E-state index >= 15 is 0 Å². The Kier molecular flexibility index (Phi) is 7.25. The monoisotopic (exact) mass is 475 g/mol. The Morgan fingerprint density at radius 1 is 1.22 bits per heavy atom. The largest absolute Gasteiger partial charge is 0.490 e. The van der Waals surface area contributed by atoms with Crippen LogP contribution >= 0.6 is 0 Å². The van der Waals surface area contributed by atoms with Crippen LogP contribution in [-0.4, -0.2) is 57.4 Å². The third kappa shape index (κ3) is 6.30. The summed E-state index contributed by atoms with van der Waals surface area (Å²) in [5.74, 6) is -2.76. The number of carbonyl (C=O) groups is 1. The number of alkyl halides is 3. The number of fused-ring (bicyclic) bond motifs is 1. The van der Waals surface area contributed by atoms with E-state index in [4.69, 9.17) is 14.6 Å². The predicted octanol–water partition coefficient (Wildman–Crippen LogP) is 2.72. The zero-order valence-electron chi connectivity index (χ0n) is 17.3. The molecule has 2 aromatic rings. The summed E-state index contributed by atoms with van der Waals surface area (Å²) in [7, 11) is -3.23. The van der Waals surface area contributed by atoms with Gasteiger partial charge in [-0.3, -0.25) is 4.98 Å². The standard InChI is InChI=1S/C18H23N3O3S.C2HF3O2/c1-14-4-2-5-15(19-14)13-24-17-11-20-9-3-6-16(20)10-21(12-17)25(22,23)18-7-8-18;3-2(4,5)1(6)7/h2-6,9,17-18H,7-8,10-13H2,1H3;(H,6,7). The fourth-order valence-corrected chi connectivity index (χ4v) is 5.12. The van der Waals surface area contributed by atoms with Gasteiger partial charge in [0.2, 0.25) is 10.0 Å². The van der Waals surface area contributed by atoms with Gasteiger partial charge in [0.1, 0.15) is 0 Å². The fraction of sp³-hybridized carbons (Fsp3) is 0.500. The minimum Gasteiger partial charge on any atom is -0.475 e. The molecular formula is C20H24F3N3O5S. The third-order valence-electron chi connectivity index (χ3n) is 5.03. The fourth-order valence-electron chi connectivity index (χ4n) is 3.28. The minimum atomic E-state index is -5.08. The first-order valence-electron chi connectivity index (χ1n) is 9.94. The maximum Gasteiger partial charge on any atom is 0.490 e. The van der Waals surface area contributed by atoms with Crippen LogP contribution in [0.3, 0.4) is 0 Å². The SMILES string of the molecule is Cc1cccc(COC2CN(S(=O)(=O)C3CC3)Cc3cccn3C2)n1.O=C(O)C(F)(F)F. The molecule has 176 valence electrons. The highest BCUT2D eigenvalue weighted by atomic mass is 32.2. The molecule has 32 heavy (non-hydrogen) atoms. The summed E-state index contributed by atoms with van der Waals surface area (Å²) in [5.41, 5.74) is 2.84. The highest BCUT2D eigenvalue weighted by molar-refractivity contribution is 7.90. The van der Waals surface area contributed by atoms with Crippen LogP contribution in [0.5, 0.6) is 0 Å². The number of carboxylic acid groups (broad SMARTS) is 1. The van der Waals surface area contributed by atoms with Gasteiger partial charge in [-0.05, 0) is 44.0 Å². The van der Waals surface area contributed by atoms with E-state index in [1.165, 1.54) is 0 Å². The highest BCUT2D eigenvalue weighted by Crippen LogP contribution is 2.33. The number of aliphatic carboxylic acids is 1. The number of rotatable bonds is 5. The zero-order chi connectivity index (χ0) is 23.5. The number of ether oxygens (including phenoxy) is 1. The Morgan fingerprint density at radius 3 is 2.50 bits per heavy atom. The van der Waals surface area contributed by atoms with Crippen molar-refractivity contribution in [2.24, 2.45) is 0 Å². The van der Waals surface area contributed by atoms with Gasteiger partial charge in [0, 0.05) is 30.7 Å². The average molecular weight is 475 g/mol. The molecule has 1 aliphatic carbocycles. The number of aromatic nitrogens is 2. The van der Waals surface area contributed by atoms with E-state index < -0.39 is 22.2 Å². The van der Waals surface area contributed by atoms with E-state index in [9.17, 15) is 21.6 Å². The van der Waals surface area contributed by atoms with Crippen LogP contribution < -0.4 is 0 Å². The summed E-state index contributed by atoms with van der Waals surface area (Å²) in [6.07, 6.45) is -1.73. The lowest BCUT2D eigenvalue weighted by Crippen LogP contribution is -2.39. The first-order valence-corrected chi connectivity index (χ1v) is 11.4. The molecule has 8 nitrogen and oxygen atoms in total. The second kappa shape index (κ2) is 9.59. The maximum atomic E-state index is 12.7. The Hall–Kier alpha value is -2.44. The van der Waals surface area contributed by atoms with Crippen molar-refractivity contribution in [2.45, 2.75) is 57.0 Å². The van der Waals surface area contributed by atoms with Crippen LogP contribution in [0.15, 0.2) is 36.5 Å². The first kappa shape index (κ1) is 24.2. The van der Waals surface area contributed by atoms with Crippen molar-refractivity contribution in [1.29, 1.82) is 0 Å². The van der Waals surface area contributed by atoms with Gasteiger partial charge in [-0.2, -0.15) is 17.5 Å². The van der Waals surface area contributed by atoms with Crippen molar-refractivity contribution in [1.82, 2.24) is 13.9 Å². The van der Waals surface area contributed by atoms with Crippen molar-refractivity contribution in [3.05, 3.63) is 53.6 Å². The number of hydrogen-bond acceptors (Lipinski definition) is 5. The molecule has 0 aromatic carbocycles. The molecule has 0 radical (unpaired) electrons. The number of halogens is 3. The van der Waals surface area contributed by atoms with Crippen LogP contribution in [0.1, 0.15) is 29.9 Å². The number of carboxylic acids is 1. The molecule has 1 unspecified atom stereocenters. The van der Waals surface area contributed by atoms with Gasteiger partial charge in [-0.15, -0.1) is 0 Å². The number of pyridine rings is 1. The third-order valence-corrected chi connectivity index (χ3v) is 7.34. The lowest BCUT2D eigenvalue weighted by atomic mass is 10.3. The van der Waals surface area contributed by atoms with Crippen LogP contribution in [0, 0.1) is 6.92 Å². The van der Waals surface area contributed by atoms with Crippen molar-refractivity contribution in [3.8, 4) is 0 Å². The molecule has 2 aromatic heterocycles. The number of aryl methyl sites for hydroxylation is 1. The summed E-state index contributed by atoms with van der Waals surface area (Å²) in [4.78, 5) is 13.4. The molecule has 1 atom stereocenters. The van der Waals surface area contributed by atoms with Gasteiger partial charge >= 0.3 is 12.1 Å². The summed E-state index contributed by atoms with van der Waals surface area (Å²) in [6, 6.07) is 9.79. The molecule has 1 fully saturated rings. The van der Waals surface area contributed by atoms with Gasteiger partial charge in [0.05, 0.1) is 30.2 Å². The molecule has 1 N–H and O–H groups in total. The van der Waals surface area contributed by atoms with Gasteiger partial charge < -0.3 is 14.4 Å². The van der Waals surface area contributed by atoms with Crippen molar-refractivity contribution < 1.29 is 36.2 Å². The molecule has 12 heteroatoms. The minimum absolute atomic E-state index is 0.190. The number of hydrogen-bond donors (Lipinski definition) is 1. The van der Waals surface area contributed by atoms with E-state index in [-0.39, 0.29) is 11.4 Å². The molecule has 0 amide bonds. The van der Waals surface area contributed by atoms with E-state index in [0.717, 1.165) is 29.9 Å². The second-order valence-electron chi connectivity index (χ2n) is 7.69. The molecule has 2 aliphatic rings. The molecule has 0 bridgehead atoms. The normalized spacial score (nSPS) is 19.4. The van der Waals surface area contributed by atoms with E-state index in [1.54, 1.807) is 4.31 Å². The Bertz CT molecular complexity index is 1050. The van der Waals surface area contributed by atoms with E-state index in [0.29, 0.717) is 26.2 Å². The second-order valence-corrected chi connectivity index (χ2v) is 9.91. The molecule has 4 rings (SSSR count). The van der Waals surface area contributed by atoms with Crippen molar-refractivity contribution in [2.75, 3.05) is 6.54 Å². The average Bonchev–Trinajstić information content (AvgIpc) is 3.50. The number of nitrogens with zero attached hydrogens (tertiary/aromatic N) is 3. The van der Waals surface area contributed by atoms with Gasteiger partial charge in [-0.25, -0.2) is 13.2 Å². The maximum absolute atomic E-state index is 12.7. The van der Waals surface area contributed by atoms with Crippen LogP contribution in [0.4, 0.5) is 13.2 Å². The van der Waals surface area contributed by atoms with Crippen LogP contribution in [0.2, 0.25) is 0 Å². The molecule has 1 aliphatic heterocycles. The van der Waals surface area contributed by atoms with Gasteiger partial charge in [-0.1, -0.05) is 6.07 Å². The van der Waals surface area contributed by atoms with Crippen molar-refractivity contribution >= 4 is 16.0 Å². The van der Waals surface area contributed by atoms with Crippen molar-refractivity contribution in [3.63, 3.8) is 0 Å². The summed E-state index contributed by atoms with van der Waals surface area (Å²) < 4.78 is 67.0. The topological polar surface area (TPSA) is 102 Å². The molecule has 3 heterocycles. The predicted molar refractivity (Wildman–Crippen MR) is 108 cm³/mol. The molecule has 1 saturated carbocycles. The zero-order valence-corrected chi connectivity index (χ0v) is 18.1. The summed E-state index contributed by atoms with van der Waals surface area (Å²) in [6.45, 7) is 3.82. The van der Waals surface area contributed by atoms with E-state index in [2.05, 4.69) is 9.55 Å². The highest BCUT2D eigenvalue weighted by Gasteiger charge is 2.42. The number of sulfonamides is 1. The lowest BCUT2D eigenvalue weighted by Gasteiger charge is -2.23. The Morgan fingerprint density at radius 2 is 1.91 bits per heavy atom. The summed E-state index contributed by atoms with van der Waals surface area (Å²) >= 11 is 0.